The SMILES string of the molecule is C=CCN1CC(O)[N+]([O-])(c2nnc(CCCl)s2)C1. The number of β-amino-alcohol motifs (C(OH)–C–C–N with tert-alkyl or cyclic N) is 1. The Labute approximate surface area is 114 Å². The van der Waals surface area contributed by atoms with E-state index in [4.69, 9.17) is 11.6 Å². The summed E-state index contributed by atoms with van der Waals surface area (Å²) in [5, 5.41) is 31.4. The molecule has 1 fully saturated rings. The topological polar surface area (TPSA) is 72.3 Å². The largest absolute Gasteiger partial charge is 0.623 e. The van der Waals surface area contributed by atoms with Crippen LogP contribution >= 0.6 is 22.9 Å². The highest BCUT2D eigenvalue weighted by molar-refractivity contribution is 7.15. The lowest BCUT2D eigenvalue weighted by molar-refractivity contribution is 0.0844. The molecule has 18 heavy (non-hydrogen) atoms. The van der Waals surface area contributed by atoms with E-state index in [1.807, 2.05) is 4.90 Å². The molecule has 6 nitrogen and oxygen atoms in total. The number of rotatable bonds is 5. The zero-order valence-electron chi connectivity index (χ0n) is 9.83. The molecule has 8 heteroatoms. The molecule has 0 saturated carbocycles. The summed E-state index contributed by atoms with van der Waals surface area (Å²) >= 11 is 6.84. The molecule has 0 spiro atoms. The normalized spacial score (nSPS) is 28.7. The molecule has 0 amide bonds. The summed E-state index contributed by atoms with van der Waals surface area (Å²) in [5.74, 6) is 0.443. The molecule has 0 aromatic carbocycles. The lowest BCUT2D eigenvalue weighted by Gasteiger charge is -2.36. The Morgan fingerprint density at radius 2 is 2.44 bits per heavy atom. The fraction of sp³-hybridized carbons (Fsp3) is 0.600. The minimum absolute atomic E-state index is 0.169. The number of aryl methyl sites for hydroxylation is 1. The molecule has 0 bridgehead atoms. The maximum absolute atomic E-state index is 12.6. The Morgan fingerprint density at radius 3 is 3.11 bits per heavy atom. The zero-order chi connectivity index (χ0) is 13.2. The number of halogens is 1. The molecule has 2 unspecified atom stereocenters. The van der Waals surface area contributed by atoms with Crippen LogP contribution in [0.4, 0.5) is 5.13 Å². The van der Waals surface area contributed by atoms with E-state index in [0.29, 0.717) is 25.4 Å². The van der Waals surface area contributed by atoms with Gasteiger partial charge in [0, 0.05) is 18.8 Å². The van der Waals surface area contributed by atoms with Crippen molar-refractivity contribution >= 4 is 28.1 Å². The quantitative estimate of drug-likeness (QED) is 0.378. The smallest absolute Gasteiger partial charge is 0.309 e. The number of aromatic nitrogens is 2. The highest BCUT2D eigenvalue weighted by atomic mass is 35.5. The Kier molecular flexibility index (Phi) is 4.31. The first-order valence-corrected chi connectivity index (χ1v) is 6.94. The predicted molar refractivity (Wildman–Crippen MR) is 72.1 cm³/mol. The van der Waals surface area contributed by atoms with Crippen molar-refractivity contribution < 1.29 is 5.11 Å². The zero-order valence-corrected chi connectivity index (χ0v) is 11.4. The molecule has 2 atom stereocenters. The highest BCUT2D eigenvalue weighted by Gasteiger charge is 2.42. The Hall–Kier alpha value is -0.570. The number of aliphatic hydroxyl groups is 1. The first kappa shape index (κ1) is 13.9. The lowest BCUT2D eigenvalue weighted by atomic mass is 10.5. The average molecular weight is 291 g/mol. The fourth-order valence-corrected chi connectivity index (χ4v) is 3.10. The van der Waals surface area contributed by atoms with Gasteiger partial charge in [0.1, 0.15) is 11.7 Å². The summed E-state index contributed by atoms with van der Waals surface area (Å²) in [6.07, 6.45) is 1.27. The van der Waals surface area contributed by atoms with Gasteiger partial charge < -0.3 is 10.3 Å². The van der Waals surface area contributed by atoms with Gasteiger partial charge in [0.25, 0.3) is 0 Å². The van der Waals surface area contributed by atoms with Crippen molar-refractivity contribution in [2.75, 3.05) is 25.6 Å². The van der Waals surface area contributed by atoms with Crippen molar-refractivity contribution in [1.29, 1.82) is 0 Å². The van der Waals surface area contributed by atoms with Gasteiger partial charge in [-0.3, -0.25) is 4.65 Å². The van der Waals surface area contributed by atoms with E-state index in [-0.39, 0.29) is 11.8 Å². The van der Waals surface area contributed by atoms with E-state index >= 15 is 0 Å². The standard InChI is InChI=1S/C10H15ClN4O2S/c1-2-5-14-6-9(16)15(17,7-14)10-13-12-8(18-10)3-4-11/h2,9,16H,1,3-7H2. The molecule has 1 aromatic rings. The van der Waals surface area contributed by atoms with Crippen LogP contribution in [0.15, 0.2) is 12.7 Å². The van der Waals surface area contributed by atoms with Gasteiger partial charge in [0.2, 0.25) is 6.23 Å². The number of quaternary nitrogens is 1. The maximum atomic E-state index is 12.6. The van der Waals surface area contributed by atoms with Crippen LogP contribution in [0.25, 0.3) is 0 Å². The van der Waals surface area contributed by atoms with Crippen LogP contribution in [0.3, 0.4) is 0 Å². The highest BCUT2D eigenvalue weighted by Crippen LogP contribution is 2.32. The molecule has 1 saturated heterocycles. The van der Waals surface area contributed by atoms with E-state index in [1.54, 1.807) is 6.08 Å². The van der Waals surface area contributed by atoms with Crippen LogP contribution in [0.1, 0.15) is 5.01 Å². The minimum Gasteiger partial charge on any atom is -0.623 e. The van der Waals surface area contributed by atoms with Crippen molar-refractivity contribution in [2.45, 2.75) is 12.6 Å². The minimum atomic E-state index is -1.03. The Balaban J connectivity index is 2.16. The van der Waals surface area contributed by atoms with Crippen LogP contribution in [0, 0.1) is 5.21 Å². The molecule has 0 radical (unpaired) electrons. The third-order valence-corrected chi connectivity index (χ3v) is 4.07. The van der Waals surface area contributed by atoms with Crippen LogP contribution < -0.4 is 4.65 Å². The number of hydrogen-bond acceptors (Lipinski definition) is 6. The molecule has 100 valence electrons. The molecular weight excluding hydrogens is 276 g/mol. The Morgan fingerprint density at radius 1 is 1.67 bits per heavy atom. The third kappa shape index (κ3) is 2.56. The van der Waals surface area contributed by atoms with E-state index < -0.39 is 10.9 Å². The second kappa shape index (κ2) is 5.60. The first-order valence-electron chi connectivity index (χ1n) is 5.59. The summed E-state index contributed by atoms with van der Waals surface area (Å²) in [5.41, 5.74) is 0. The van der Waals surface area contributed by atoms with Gasteiger partial charge in [-0.1, -0.05) is 11.2 Å². The maximum Gasteiger partial charge on any atom is 0.309 e. The van der Waals surface area contributed by atoms with Crippen molar-refractivity contribution in [3.05, 3.63) is 22.9 Å². The van der Waals surface area contributed by atoms with Crippen LogP contribution in [0.2, 0.25) is 0 Å². The van der Waals surface area contributed by atoms with Gasteiger partial charge >= 0.3 is 5.13 Å². The van der Waals surface area contributed by atoms with Gasteiger partial charge in [-0.05, 0) is 11.3 Å². The summed E-state index contributed by atoms with van der Waals surface area (Å²) < 4.78 is -0.853. The molecule has 1 N–H and O–H groups in total. The number of alkyl halides is 1. The summed E-state index contributed by atoms with van der Waals surface area (Å²) in [7, 11) is 0. The van der Waals surface area contributed by atoms with E-state index in [2.05, 4.69) is 16.8 Å². The first-order chi connectivity index (χ1) is 8.60. The summed E-state index contributed by atoms with van der Waals surface area (Å²) in [6, 6.07) is 0. The van der Waals surface area contributed by atoms with Gasteiger partial charge in [-0.25, -0.2) is 4.90 Å². The number of hydroxylamine groups is 2. The van der Waals surface area contributed by atoms with Gasteiger partial charge in [0.15, 0.2) is 0 Å². The van der Waals surface area contributed by atoms with Crippen molar-refractivity contribution in [3.63, 3.8) is 0 Å². The average Bonchev–Trinajstić information content (AvgIpc) is 2.88. The monoisotopic (exact) mass is 290 g/mol. The second-order valence-electron chi connectivity index (χ2n) is 4.16. The summed E-state index contributed by atoms with van der Waals surface area (Å²) in [4.78, 5) is 1.84. The van der Waals surface area contributed by atoms with Crippen LogP contribution in [-0.4, -0.2) is 52.1 Å². The molecule has 1 aliphatic heterocycles. The third-order valence-electron chi connectivity index (χ3n) is 2.79. The van der Waals surface area contributed by atoms with Crippen molar-refractivity contribution in [3.8, 4) is 0 Å². The molecule has 1 aliphatic rings. The van der Waals surface area contributed by atoms with E-state index in [9.17, 15) is 10.3 Å². The predicted octanol–water partition coefficient (Wildman–Crippen LogP) is 0.902. The molecule has 1 aromatic heterocycles. The molecular formula is C10H15ClN4O2S. The van der Waals surface area contributed by atoms with Crippen LogP contribution in [-0.2, 0) is 6.42 Å². The van der Waals surface area contributed by atoms with Gasteiger partial charge in [0.05, 0.1) is 6.54 Å². The van der Waals surface area contributed by atoms with Gasteiger partial charge in [-0.2, -0.15) is 0 Å². The van der Waals surface area contributed by atoms with Crippen molar-refractivity contribution in [1.82, 2.24) is 19.7 Å². The number of hydrogen-bond donors (Lipinski definition) is 1. The van der Waals surface area contributed by atoms with Crippen molar-refractivity contribution in [2.24, 2.45) is 0 Å². The summed E-state index contributed by atoms with van der Waals surface area (Å²) in [6.45, 7) is 4.69. The molecule has 0 aliphatic carbocycles. The second-order valence-corrected chi connectivity index (χ2v) is 5.58. The Bertz CT molecular complexity index is 430. The van der Waals surface area contributed by atoms with E-state index in [1.165, 1.54) is 11.3 Å². The molecule has 2 heterocycles. The fourth-order valence-electron chi connectivity index (χ4n) is 1.89. The van der Waals surface area contributed by atoms with E-state index in [0.717, 1.165) is 5.01 Å². The lowest BCUT2D eigenvalue weighted by Crippen LogP contribution is -2.48. The van der Waals surface area contributed by atoms with Crippen LogP contribution in [0.5, 0.6) is 0 Å². The molecule has 2 rings (SSSR count). The number of aliphatic hydroxyl groups excluding tert-OH is 1. The van der Waals surface area contributed by atoms with Gasteiger partial charge in [-0.15, -0.1) is 23.3 Å². The number of nitrogens with zero attached hydrogens (tertiary/aromatic N) is 4.